The van der Waals surface area contributed by atoms with Gasteiger partial charge in [0.15, 0.2) is 0 Å². The first-order valence-electron chi connectivity index (χ1n) is 7.49. The molecule has 130 valence electrons. The maximum Gasteiger partial charge on any atom is 0.123 e. The third-order valence-electron chi connectivity index (χ3n) is 3.18. The lowest BCUT2D eigenvalue weighted by Crippen LogP contribution is -2.20. The van der Waals surface area contributed by atoms with E-state index in [4.69, 9.17) is 10.8 Å². The third-order valence-corrected chi connectivity index (χ3v) is 3.41. The van der Waals surface area contributed by atoms with Crippen molar-refractivity contribution in [1.82, 2.24) is 10.6 Å². The van der Waals surface area contributed by atoms with E-state index in [1.165, 1.54) is 24.4 Å². The molecule has 0 aliphatic rings. The van der Waals surface area contributed by atoms with Crippen LogP contribution in [0.25, 0.3) is 5.70 Å². The molecule has 0 saturated heterocycles. The summed E-state index contributed by atoms with van der Waals surface area (Å²) < 4.78 is 13.6. The molecule has 0 unspecified atom stereocenters. The normalized spacial score (nSPS) is 13.4. The Hall–Kier alpha value is -1.99. The quantitative estimate of drug-likeness (QED) is 0.414. The minimum atomic E-state index is -0.857. The van der Waals surface area contributed by atoms with Crippen LogP contribution < -0.4 is 10.6 Å². The molecule has 0 aliphatic heterocycles. The van der Waals surface area contributed by atoms with E-state index >= 15 is 0 Å². The number of hydrogen-bond donors (Lipinski definition) is 5. The molecular formula is C17H22BrFN4O. The van der Waals surface area contributed by atoms with Crippen LogP contribution in [-0.4, -0.2) is 29.0 Å². The molecule has 0 aliphatic carbocycles. The van der Waals surface area contributed by atoms with E-state index < -0.39 is 11.9 Å². The fourth-order valence-electron chi connectivity index (χ4n) is 2.05. The number of nitrogens with one attached hydrogen (secondary N) is 4. The van der Waals surface area contributed by atoms with Gasteiger partial charge in [0.2, 0.25) is 0 Å². The largest absolute Gasteiger partial charge is 0.391 e. The van der Waals surface area contributed by atoms with Gasteiger partial charge in [0.25, 0.3) is 0 Å². The number of halogens is 2. The lowest BCUT2D eigenvalue weighted by atomic mass is 10.00. The van der Waals surface area contributed by atoms with Crippen molar-refractivity contribution in [1.29, 1.82) is 10.8 Å². The van der Waals surface area contributed by atoms with E-state index in [2.05, 4.69) is 26.6 Å². The number of allylic oxidation sites excluding steroid dienone is 1. The highest BCUT2D eigenvalue weighted by Gasteiger charge is 2.13. The van der Waals surface area contributed by atoms with E-state index in [-0.39, 0.29) is 4.62 Å². The first-order chi connectivity index (χ1) is 11.4. The van der Waals surface area contributed by atoms with Gasteiger partial charge in [-0.25, -0.2) is 4.39 Å². The number of aliphatic hydroxyl groups excluding tert-OH is 1. The first-order valence-corrected chi connectivity index (χ1v) is 8.28. The molecular weight excluding hydrogens is 375 g/mol. The van der Waals surface area contributed by atoms with Gasteiger partial charge in [-0.2, -0.15) is 0 Å². The van der Waals surface area contributed by atoms with Crippen molar-refractivity contribution < 1.29 is 9.50 Å². The maximum atomic E-state index is 13.5. The zero-order valence-corrected chi connectivity index (χ0v) is 15.2. The molecule has 24 heavy (non-hydrogen) atoms. The van der Waals surface area contributed by atoms with Crippen molar-refractivity contribution in [2.75, 3.05) is 13.1 Å². The zero-order valence-electron chi connectivity index (χ0n) is 13.7. The molecule has 0 bridgehead atoms. The second-order valence-electron chi connectivity index (χ2n) is 5.09. The predicted molar refractivity (Wildman–Crippen MR) is 100 cm³/mol. The highest BCUT2D eigenvalue weighted by molar-refractivity contribution is 9.18. The van der Waals surface area contributed by atoms with Crippen LogP contribution in [-0.2, 0) is 0 Å². The number of benzene rings is 1. The summed E-state index contributed by atoms with van der Waals surface area (Å²) in [6.45, 7) is 4.61. The zero-order chi connectivity index (χ0) is 18.1. The smallest absolute Gasteiger partial charge is 0.123 e. The van der Waals surface area contributed by atoms with Crippen LogP contribution in [0.4, 0.5) is 4.39 Å². The van der Waals surface area contributed by atoms with Crippen molar-refractivity contribution in [3.8, 4) is 0 Å². The van der Waals surface area contributed by atoms with E-state index in [9.17, 15) is 9.50 Å². The molecule has 7 heteroatoms. The summed E-state index contributed by atoms with van der Waals surface area (Å²) in [6.07, 6.45) is 3.64. The molecule has 0 heterocycles. The van der Waals surface area contributed by atoms with Crippen LogP contribution in [0.5, 0.6) is 0 Å². The van der Waals surface area contributed by atoms with Gasteiger partial charge in [0.1, 0.15) is 5.82 Å². The molecule has 1 aromatic carbocycles. The second-order valence-corrected chi connectivity index (χ2v) is 5.94. The highest BCUT2D eigenvalue weighted by Crippen LogP contribution is 2.25. The number of hydrogen-bond acceptors (Lipinski definition) is 5. The Kier molecular flexibility index (Phi) is 8.35. The summed E-state index contributed by atoms with van der Waals surface area (Å²) in [5.74, 6) is -0.435. The Bertz CT molecular complexity index is 656. The molecule has 0 aromatic heterocycles. The summed E-state index contributed by atoms with van der Waals surface area (Å²) in [4.78, 5) is 0. The fraction of sp³-hybridized carbons (Fsp3) is 0.294. The molecule has 0 saturated carbocycles. The topological polar surface area (TPSA) is 92.0 Å². The van der Waals surface area contributed by atoms with Crippen LogP contribution in [0.1, 0.15) is 31.1 Å². The lowest BCUT2D eigenvalue weighted by molar-refractivity contribution is 0.198. The van der Waals surface area contributed by atoms with E-state index in [0.717, 1.165) is 6.54 Å². The SMILES string of the molecule is CCN/C=C(\C=N)CN/C(=C\C(=N)Br)c1ccc(F)cc1[C@@H](C)O. The Morgan fingerprint density at radius 2 is 2.17 bits per heavy atom. The Labute approximate surface area is 149 Å². The van der Waals surface area contributed by atoms with E-state index in [0.29, 0.717) is 28.9 Å². The van der Waals surface area contributed by atoms with Crippen LogP contribution in [0, 0.1) is 16.6 Å². The minimum Gasteiger partial charge on any atom is -0.391 e. The first kappa shape index (κ1) is 20.1. The van der Waals surface area contributed by atoms with Gasteiger partial charge in [-0.15, -0.1) is 0 Å². The van der Waals surface area contributed by atoms with E-state index in [1.54, 1.807) is 19.2 Å². The van der Waals surface area contributed by atoms with Gasteiger partial charge in [-0.1, -0.05) is 0 Å². The Morgan fingerprint density at radius 1 is 1.46 bits per heavy atom. The molecule has 0 spiro atoms. The number of aliphatic hydroxyl groups is 1. The highest BCUT2D eigenvalue weighted by atomic mass is 79.9. The van der Waals surface area contributed by atoms with Crippen LogP contribution in [0.3, 0.4) is 0 Å². The average Bonchev–Trinajstić information content (AvgIpc) is 2.53. The monoisotopic (exact) mass is 396 g/mol. The predicted octanol–water partition coefficient (Wildman–Crippen LogP) is 3.32. The van der Waals surface area contributed by atoms with Gasteiger partial charge in [0.05, 0.1) is 10.7 Å². The Balaban J connectivity index is 3.16. The summed E-state index contributed by atoms with van der Waals surface area (Å²) in [6, 6.07) is 4.14. The van der Waals surface area contributed by atoms with E-state index in [1.807, 2.05) is 6.92 Å². The van der Waals surface area contributed by atoms with Crippen LogP contribution in [0.2, 0.25) is 0 Å². The molecule has 1 atom stereocenters. The van der Waals surface area contributed by atoms with Crippen molar-refractivity contribution in [2.24, 2.45) is 0 Å². The maximum absolute atomic E-state index is 13.5. The average molecular weight is 397 g/mol. The molecule has 5 nitrogen and oxygen atoms in total. The molecule has 0 amide bonds. The standard InChI is InChI=1S/C17H22BrFN4O/c1-3-22-9-12(8-20)10-23-16(7-17(18)21)14-5-4-13(19)6-15(14)11(2)24/h4-9,11,20-24H,3,10H2,1-2H3/b12-9+,16-7-,20-8?,21-17?/t11-/m1/s1. The molecule has 0 fully saturated rings. The van der Waals surface area contributed by atoms with Crippen molar-refractivity contribution in [2.45, 2.75) is 20.0 Å². The van der Waals surface area contributed by atoms with Crippen molar-refractivity contribution >= 4 is 32.5 Å². The Morgan fingerprint density at radius 3 is 2.71 bits per heavy atom. The van der Waals surface area contributed by atoms with Gasteiger partial charge in [0, 0.05) is 42.3 Å². The molecule has 5 N–H and O–H groups in total. The summed E-state index contributed by atoms with van der Waals surface area (Å²) in [5, 5.41) is 31.1. The third kappa shape index (κ3) is 6.25. The fourth-order valence-corrected chi connectivity index (χ4v) is 2.28. The van der Waals surface area contributed by atoms with Crippen molar-refractivity contribution in [3.63, 3.8) is 0 Å². The van der Waals surface area contributed by atoms with Crippen molar-refractivity contribution in [3.05, 3.63) is 53.0 Å². The van der Waals surface area contributed by atoms with Gasteiger partial charge in [-0.3, -0.25) is 5.41 Å². The molecule has 1 rings (SSSR count). The summed E-state index contributed by atoms with van der Waals surface area (Å²) >= 11 is 3.07. The summed E-state index contributed by atoms with van der Waals surface area (Å²) in [7, 11) is 0. The van der Waals surface area contributed by atoms with Gasteiger partial charge >= 0.3 is 0 Å². The molecule has 0 radical (unpaired) electrons. The molecule has 1 aromatic rings. The van der Waals surface area contributed by atoms with Gasteiger partial charge < -0.3 is 21.1 Å². The second kappa shape index (κ2) is 10.00. The van der Waals surface area contributed by atoms with Crippen LogP contribution in [0.15, 0.2) is 36.0 Å². The minimum absolute atomic E-state index is 0.137. The lowest BCUT2D eigenvalue weighted by Gasteiger charge is -2.17. The summed E-state index contributed by atoms with van der Waals surface area (Å²) in [5.41, 5.74) is 2.29. The van der Waals surface area contributed by atoms with Gasteiger partial charge in [-0.05, 0) is 59.6 Å². The number of rotatable bonds is 9. The van der Waals surface area contributed by atoms with Crippen LogP contribution >= 0.6 is 15.9 Å².